The quantitative estimate of drug-likeness (QED) is 0.188. The fourth-order valence-corrected chi connectivity index (χ4v) is 4.26. The summed E-state index contributed by atoms with van der Waals surface area (Å²) in [5, 5.41) is 62.7. The number of rotatable bonds is 9. The summed E-state index contributed by atoms with van der Waals surface area (Å²) in [4.78, 5) is 2.59. The summed E-state index contributed by atoms with van der Waals surface area (Å²) in [6.07, 6.45) is 3.64. The lowest BCUT2D eigenvalue weighted by atomic mass is 9.82. The van der Waals surface area contributed by atoms with Crippen LogP contribution < -0.4 is 0 Å². The molecule has 2 aromatic heterocycles. The van der Waals surface area contributed by atoms with E-state index in [-0.39, 0.29) is 18.1 Å². The molecule has 0 saturated heterocycles. The fourth-order valence-electron chi connectivity index (χ4n) is 4.26. The van der Waals surface area contributed by atoms with Crippen molar-refractivity contribution in [3.8, 4) is 11.5 Å². The van der Waals surface area contributed by atoms with Crippen molar-refractivity contribution in [2.45, 2.75) is 26.2 Å². The van der Waals surface area contributed by atoms with Gasteiger partial charge in [-0.2, -0.15) is 10.2 Å². The molecule has 13 heteroatoms. The Balaban J connectivity index is 1.62. The van der Waals surface area contributed by atoms with E-state index >= 15 is 0 Å². The number of aliphatic hydroxyl groups is 1. The van der Waals surface area contributed by atoms with Gasteiger partial charge in [0.2, 0.25) is 0 Å². The summed E-state index contributed by atoms with van der Waals surface area (Å²) in [5.41, 5.74) is 4.18. The van der Waals surface area contributed by atoms with Gasteiger partial charge < -0.3 is 15.3 Å². The normalized spacial score (nSPS) is 11.8. The van der Waals surface area contributed by atoms with E-state index in [1.807, 2.05) is 24.3 Å². The molecule has 0 spiro atoms. The molecule has 13 nitrogen and oxygen atoms in total. The van der Waals surface area contributed by atoms with Crippen LogP contribution in [0.5, 0.6) is 11.5 Å². The first-order chi connectivity index (χ1) is 19.4. The third-order valence-corrected chi connectivity index (χ3v) is 6.25. The van der Waals surface area contributed by atoms with Gasteiger partial charge in [0.1, 0.15) is 11.5 Å². The maximum atomic E-state index is 11.1. The highest BCUT2D eigenvalue weighted by Gasteiger charge is 2.24. The van der Waals surface area contributed by atoms with Gasteiger partial charge in [-0.1, -0.05) is 24.3 Å². The summed E-state index contributed by atoms with van der Waals surface area (Å²) in [6.45, 7) is 3.46. The van der Waals surface area contributed by atoms with Crippen molar-refractivity contribution in [2.75, 3.05) is 6.61 Å². The van der Waals surface area contributed by atoms with Gasteiger partial charge in [-0.3, -0.25) is 0 Å². The molecular weight excluding hydrogens is 512 g/mol. The van der Waals surface area contributed by atoms with E-state index in [1.54, 1.807) is 62.7 Å². The molecule has 0 aliphatic heterocycles. The average Bonchev–Trinajstić information content (AvgIpc) is 3.56. The van der Waals surface area contributed by atoms with Gasteiger partial charge in [-0.05, 0) is 99.8 Å². The van der Waals surface area contributed by atoms with Gasteiger partial charge >= 0.3 is 0 Å². The van der Waals surface area contributed by atoms with Crippen molar-refractivity contribution < 1.29 is 15.3 Å². The van der Waals surface area contributed by atoms with Crippen molar-refractivity contribution in [1.82, 2.24) is 40.6 Å². The van der Waals surface area contributed by atoms with Crippen molar-refractivity contribution in [3.05, 3.63) is 106 Å². The predicted octanol–water partition coefficient (Wildman–Crippen LogP) is 2.17. The summed E-state index contributed by atoms with van der Waals surface area (Å²) in [5.74, 6) is 0.542. The molecule has 0 saturated carbocycles. The van der Waals surface area contributed by atoms with Crippen LogP contribution in [0.1, 0.15) is 50.9 Å². The Morgan fingerprint density at radius 3 is 1.80 bits per heavy atom. The standard InChI is InChI=1S/C27H26N10O3/c1-17-30-32-34-36(17)28-15-20-6-8-25(39)23(13-20)27(22-5-3-4-19(12-22)10-11-38)24-14-21(7-9-26(24)40)16-29-37-18(2)31-33-35-37/h3-9,12-16,27,38-40H,10-11H2,1-2H3/b28-15+,29-16+. The molecule has 202 valence electrons. The molecule has 5 aromatic rings. The molecule has 0 unspecified atom stereocenters. The van der Waals surface area contributed by atoms with Crippen LogP contribution in [0.15, 0.2) is 70.9 Å². The van der Waals surface area contributed by atoms with E-state index in [1.165, 1.54) is 9.58 Å². The van der Waals surface area contributed by atoms with E-state index in [2.05, 4.69) is 41.3 Å². The first-order valence-electron chi connectivity index (χ1n) is 12.4. The van der Waals surface area contributed by atoms with E-state index < -0.39 is 5.92 Å². The second kappa shape index (κ2) is 11.6. The second-order valence-corrected chi connectivity index (χ2v) is 9.01. The Hall–Kier alpha value is -5.30. The van der Waals surface area contributed by atoms with E-state index in [4.69, 9.17) is 0 Å². The number of phenols is 2. The molecule has 40 heavy (non-hydrogen) atoms. The Kier molecular flexibility index (Phi) is 7.64. The lowest BCUT2D eigenvalue weighted by molar-refractivity contribution is 0.299. The number of tetrazole rings is 2. The minimum atomic E-state index is -0.579. The van der Waals surface area contributed by atoms with Gasteiger partial charge in [0, 0.05) is 23.7 Å². The topological polar surface area (TPSA) is 173 Å². The lowest BCUT2D eigenvalue weighted by Crippen LogP contribution is -2.07. The molecule has 0 aliphatic carbocycles. The zero-order chi connectivity index (χ0) is 28.1. The smallest absolute Gasteiger partial charge is 0.173 e. The number of benzene rings is 3. The van der Waals surface area contributed by atoms with Gasteiger partial charge in [0.05, 0.1) is 12.4 Å². The molecule has 2 heterocycles. The molecule has 0 amide bonds. The molecule has 0 atom stereocenters. The first kappa shape index (κ1) is 26.3. The van der Waals surface area contributed by atoms with Crippen LogP contribution >= 0.6 is 0 Å². The number of aromatic nitrogens is 8. The van der Waals surface area contributed by atoms with Gasteiger partial charge in [0.25, 0.3) is 0 Å². The highest BCUT2D eigenvalue weighted by molar-refractivity contribution is 5.82. The number of hydrogen-bond donors (Lipinski definition) is 3. The van der Waals surface area contributed by atoms with Crippen LogP contribution in [0.3, 0.4) is 0 Å². The lowest BCUT2D eigenvalue weighted by Gasteiger charge is -2.22. The number of hydrogen-bond acceptors (Lipinski definition) is 11. The summed E-state index contributed by atoms with van der Waals surface area (Å²) in [7, 11) is 0. The molecule has 0 bridgehead atoms. The molecular formula is C27H26N10O3. The van der Waals surface area contributed by atoms with Gasteiger partial charge in [0.15, 0.2) is 11.6 Å². The number of phenolic OH excluding ortho intramolecular Hbond substituents is 2. The average molecular weight is 539 g/mol. The number of aromatic hydroxyl groups is 2. The second-order valence-electron chi connectivity index (χ2n) is 9.01. The van der Waals surface area contributed by atoms with Crippen molar-refractivity contribution in [1.29, 1.82) is 0 Å². The highest BCUT2D eigenvalue weighted by atomic mass is 16.3. The highest BCUT2D eigenvalue weighted by Crippen LogP contribution is 2.41. The monoisotopic (exact) mass is 538 g/mol. The minimum absolute atomic E-state index is 0.00433. The van der Waals surface area contributed by atoms with Crippen molar-refractivity contribution >= 4 is 12.4 Å². The fraction of sp³-hybridized carbons (Fsp3) is 0.185. The number of aryl methyl sites for hydroxylation is 2. The van der Waals surface area contributed by atoms with Crippen LogP contribution in [-0.4, -0.2) is 75.0 Å². The van der Waals surface area contributed by atoms with Crippen LogP contribution in [0.4, 0.5) is 0 Å². The summed E-state index contributed by atoms with van der Waals surface area (Å²) in [6, 6.07) is 17.9. The maximum Gasteiger partial charge on any atom is 0.173 e. The van der Waals surface area contributed by atoms with E-state index in [0.29, 0.717) is 40.3 Å². The number of aliphatic hydroxyl groups excluding tert-OH is 1. The van der Waals surface area contributed by atoms with Crippen LogP contribution in [-0.2, 0) is 6.42 Å². The summed E-state index contributed by atoms with van der Waals surface area (Å²) >= 11 is 0. The number of nitrogens with zero attached hydrogens (tertiary/aromatic N) is 10. The Morgan fingerprint density at radius 2 is 1.32 bits per heavy atom. The first-order valence-corrected chi connectivity index (χ1v) is 12.4. The molecule has 3 aromatic carbocycles. The van der Waals surface area contributed by atoms with Crippen LogP contribution in [0, 0.1) is 13.8 Å². The predicted molar refractivity (Wildman–Crippen MR) is 145 cm³/mol. The minimum Gasteiger partial charge on any atom is -0.508 e. The summed E-state index contributed by atoms with van der Waals surface area (Å²) < 4.78 is 0. The van der Waals surface area contributed by atoms with E-state index in [0.717, 1.165) is 11.1 Å². The molecule has 0 aliphatic rings. The van der Waals surface area contributed by atoms with E-state index in [9.17, 15) is 15.3 Å². The molecule has 5 rings (SSSR count). The third-order valence-electron chi connectivity index (χ3n) is 6.25. The van der Waals surface area contributed by atoms with Gasteiger partial charge in [-0.25, -0.2) is 0 Å². The van der Waals surface area contributed by atoms with Crippen molar-refractivity contribution in [3.63, 3.8) is 0 Å². The largest absolute Gasteiger partial charge is 0.508 e. The Bertz CT molecular complexity index is 1590. The van der Waals surface area contributed by atoms with Crippen LogP contribution in [0.2, 0.25) is 0 Å². The zero-order valence-corrected chi connectivity index (χ0v) is 21.7. The molecule has 0 radical (unpaired) electrons. The van der Waals surface area contributed by atoms with Gasteiger partial charge in [-0.15, -0.1) is 19.8 Å². The maximum absolute atomic E-state index is 11.1. The Labute approximate surface area is 228 Å². The zero-order valence-electron chi connectivity index (χ0n) is 21.7. The Morgan fingerprint density at radius 1 is 0.775 bits per heavy atom. The third kappa shape index (κ3) is 5.73. The molecule has 3 N–H and O–H groups in total. The van der Waals surface area contributed by atoms with Crippen molar-refractivity contribution in [2.24, 2.45) is 10.2 Å². The van der Waals surface area contributed by atoms with Crippen LogP contribution in [0.25, 0.3) is 0 Å². The SMILES string of the molecule is Cc1nnnn1/N=C/c1ccc(O)c(C(c2cccc(CCO)c2)c2cc(/C=N/n3nnnc3C)ccc2O)c1. The molecule has 0 fully saturated rings.